The van der Waals surface area contributed by atoms with Crippen LogP contribution in [0.15, 0.2) is 48.5 Å². The van der Waals surface area contributed by atoms with Gasteiger partial charge in [0.15, 0.2) is 0 Å². The van der Waals surface area contributed by atoms with Gasteiger partial charge in [-0.15, -0.1) is 0 Å². The number of rotatable bonds is 7. The zero-order valence-electron chi connectivity index (χ0n) is 15.2. The van der Waals surface area contributed by atoms with E-state index in [9.17, 15) is 4.79 Å². The Morgan fingerprint density at radius 3 is 2.19 bits per heavy atom. The van der Waals surface area contributed by atoms with E-state index in [1.807, 2.05) is 48.5 Å². The first-order valence-corrected chi connectivity index (χ1v) is 9.36. The fraction of sp³-hybridized carbons (Fsp3) is 0.409. The number of carbonyl (C=O) groups is 1. The number of likely N-dealkylation sites (N-methyl/N-ethyl adjacent to an activating group) is 1. The lowest BCUT2D eigenvalue weighted by Gasteiger charge is -2.19. The Bertz CT molecular complexity index is 750. The first-order chi connectivity index (χ1) is 12.7. The molecule has 0 amide bonds. The SMILES string of the molecule is CN1CCCC1COc1ccc(Oc2ccc(C3(C=O)CC3)cc2)cc1. The second-order valence-electron chi connectivity index (χ2n) is 7.46. The number of ether oxygens (including phenoxy) is 2. The summed E-state index contributed by atoms with van der Waals surface area (Å²) in [5.41, 5.74) is 0.853. The first-order valence-electron chi connectivity index (χ1n) is 9.36. The molecule has 0 spiro atoms. The van der Waals surface area contributed by atoms with Crippen molar-refractivity contribution in [2.75, 3.05) is 20.2 Å². The van der Waals surface area contributed by atoms with Crippen LogP contribution in [0.4, 0.5) is 0 Å². The molecule has 0 radical (unpaired) electrons. The Hall–Kier alpha value is -2.33. The van der Waals surface area contributed by atoms with E-state index in [1.54, 1.807) is 0 Å². The van der Waals surface area contributed by atoms with Gasteiger partial charge in [0.1, 0.15) is 30.1 Å². The lowest BCUT2D eigenvalue weighted by Crippen LogP contribution is -2.30. The van der Waals surface area contributed by atoms with Crippen LogP contribution in [0.2, 0.25) is 0 Å². The van der Waals surface area contributed by atoms with E-state index in [0.717, 1.165) is 55.1 Å². The summed E-state index contributed by atoms with van der Waals surface area (Å²) < 4.78 is 11.8. The standard InChI is InChI=1S/C22H25NO3/c1-23-14-2-3-18(23)15-25-19-8-10-21(11-9-19)26-20-6-4-17(5-7-20)22(16-24)12-13-22/h4-11,16,18H,2-3,12-15H2,1H3. The van der Waals surface area contributed by atoms with Crippen molar-refractivity contribution in [2.24, 2.45) is 0 Å². The van der Waals surface area contributed by atoms with Crippen LogP contribution in [0.1, 0.15) is 31.2 Å². The summed E-state index contributed by atoms with van der Waals surface area (Å²) in [5, 5.41) is 0. The highest BCUT2D eigenvalue weighted by atomic mass is 16.5. The third-order valence-corrected chi connectivity index (χ3v) is 5.62. The van der Waals surface area contributed by atoms with E-state index in [2.05, 4.69) is 11.9 Å². The third-order valence-electron chi connectivity index (χ3n) is 5.62. The maximum atomic E-state index is 11.2. The monoisotopic (exact) mass is 351 g/mol. The molecule has 1 aliphatic carbocycles. The summed E-state index contributed by atoms with van der Waals surface area (Å²) in [4.78, 5) is 13.6. The van der Waals surface area contributed by atoms with Crippen molar-refractivity contribution in [3.05, 3.63) is 54.1 Å². The molecule has 0 bridgehead atoms. The van der Waals surface area contributed by atoms with Crippen molar-refractivity contribution in [2.45, 2.75) is 37.1 Å². The predicted octanol–water partition coefficient (Wildman–Crippen LogP) is 4.18. The summed E-state index contributed by atoms with van der Waals surface area (Å²) in [7, 11) is 2.16. The van der Waals surface area contributed by atoms with Gasteiger partial charge in [-0.3, -0.25) is 0 Å². The van der Waals surface area contributed by atoms with Crippen LogP contribution in [0.25, 0.3) is 0 Å². The molecule has 1 unspecified atom stereocenters. The fourth-order valence-corrected chi connectivity index (χ4v) is 3.59. The summed E-state index contributed by atoms with van der Waals surface area (Å²) >= 11 is 0. The molecule has 4 rings (SSSR count). The Morgan fingerprint density at radius 1 is 1.04 bits per heavy atom. The number of hydrogen-bond donors (Lipinski definition) is 0. The fourth-order valence-electron chi connectivity index (χ4n) is 3.59. The van der Waals surface area contributed by atoms with Gasteiger partial charge < -0.3 is 19.2 Å². The molecule has 0 aromatic heterocycles. The highest BCUT2D eigenvalue weighted by molar-refractivity contribution is 5.73. The molecule has 4 nitrogen and oxygen atoms in total. The Kier molecular flexibility index (Phi) is 4.68. The molecule has 26 heavy (non-hydrogen) atoms. The minimum atomic E-state index is -0.231. The van der Waals surface area contributed by atoms with Crippen molar-refractivity contribution in [1.82, 2.24) is 4.90 Å². The molecule has 1 atom stereocenters. The number of aldehydes is 1. The van der Waals surface area contributed by atoms with Gasteiger partial charge in [-0.25, -0.2) is 0 Å². The van der Waals surface area contributed by atoms with Gasteiger partial charge in [0.05, 0.1) is 5.41 Å². The van der Waals surface area contributed by atoms with Gasteiger partial charge in [-0.1, -0.05) is 12.1 Å². The second kappa shape index (κ2) is 7.12. The Balaban J connectivity index is 1.33. The summed E-state index contributed by atoms with van der Waals surface area (Å²) in [6, 6.07) is 16.1. The molecule has 1 heterocycles. The summed E-state index contributed by atoms with van der Waals surface area (Å²) in [6.45, 7) is 1.89. The van der Waals surface area contributed by atoms with Crippen LogP contribution in [-0.2, 0) is 10.2 Å². The number of hydrogen-bond acceptors (Lipinski definition) is 4. The van der Waals surface area contributed by atoms with Crippen LogP contribution in [-0.4, -0.2) is 37.4 Å². The Morgan fingerprint density at radius 2 is 1.65 bits per heavy atom. The minimum absolute atomic E-state index is 0.231. The van der Waals surface area contributed by atoms with Crippen LogP contribution >= 0.6 is 0 Å². The molecule has 1 aliphatic heterocycles. The van der Waals surface area contributed by atoms with Crippen molar-refractivity contribution in [1.29, 1.82) is 0 Å². The third kappa shape index (κ3) is 3.61. The van der Waals surface area contributed by atoms with Crippen LogP contribution in [0, 0.1) is 0 Å². The predicted molar refractivity (Wildman–Crippen MR) is 101 cm³/mol. The van der Waals surface area contributed by atoms with E-state index in [-0.39, 0.29) is 5.41 Å². The lowest BCUT2D eigenvalue weighted by molar-refractivity contribution is -0.109. The highest BCUT2D eigenvalue weighted by Crippen LogP contribution is 2.46. The average molecular weight is 351 g/mol. The van der Waals surface area contributed by atoms with Gasteiger partial charge >= 0.3 is 0 Å². The van der Waals surface area contributed by atoms with Crippen LogP contribution in [0.3, 0.4) is 0 Å². The smallest absolute Gasteiger partial charge is 0.130 e. The molecule has 1 saturated carbocycles. The number of benzene rings is 2. The van der Waals surface area contributed by atoms with Gasteiger partial charge in [0, 0.05) is 6.04 Å². The highest BCUT2D eigenvalue weighted by Gasteiger charge is 2.44. The maximum Gasteiger partial charge on any atom is 0.130 e. The van der Waals surface area contributed by atoms with Crippen molar-refractivity contribution in [3.63, 3.8) is 0 Å². The lowest BCUT2D eigenvalue weighted by atomic mass is 9.98. The molecular formula is C22H25NO3. The second-order valence-corrected chi connectivity index (χ2v) is 7.46. The normalized spacial score (nSPS) is 21.3. The van der Waals surface area contributed by atoms with Gasteiger partial charge in [0.2, 0.25) is 0 Å². The largest absolute Gasteiger partial charge is 0.492 e. The van der Waals surface area contributed by atoms with E-state index >= 15 is 0 Å². The molecule has 1 saturated heterocycles. The topological polar surface area (TPSA) is 38.8 Å². The van der Waals surface area contributed by atoms with E-state index in [0.29, 0.717) is 6.04 Å². The Labute approximate surface area is 154 Å². The maximum absolute atomic E-state index is 11.2. The summed E-state index contributed by atoms with van der Waals surface area (Å²) in [6.07, 6.45) is 5.44. The molecule has 2 aliphatic rings. The minimum Gasteiger partial charge on any atom is -0.492 e. The van der Waals surface area contributed by atoms with E-state index in [4.69, 9.17) is 9.47 Å². The van der Waals surface area contributed by atoms with Crippen LogP contribution in [0.5, 0.6) is 17.2 Å². The molecular weight excluding hydrogens is 326 g/mol. The quantitative estimate of drug-likeness (QED) is 0.702. The molecule has 136 valence electrons. The average Bonchev–Trinajstić information content (AvgIpc) is 3.37. The van der Waals surface area contributed by atoms with E-state index in [1.165, 1.54) is 12.8 Å². The van der Waals surface area contributed by atoms with Gasteiger partial charge in [-0.2, -0.15) is 0 Å². The van der Waals surface area contributed by atoms with Crippen molar-refractivity contribution >= 4 is 6.29 Å². The number of nitrogens with zero attached hydrogens (tertiary/aromatic N) is 1. The number of carbonyl (C=O) groups excluding carboxylic acids is 1. The zero-order chi connectivity index (χ0) is 18.0. The van der Waals surface area contributed by atoms with Gasteiger partial charge in [0.25, 0.3) is 0 Å². The van der Waals surface area contributed by atoms with Gasteiger partial charge in [-0.05, 0) is 81.2 Å². The molecule has 4 heteroatoms. The van der Waals surface area contributed by atoms with Crippen molar-refractivity contribution < 1.29 is 14.3 Å². The number of likely N-dealkylation sites (tertiary alicyclic amines) is 1. The molecule has 2 fully saturated rings. The zero-order valence-corrected chi connectivity index (χ0v) is 15.2. The van der Waals surface area contributed by atoms with E-state index < -0.39 is 0 Å². The summed E-state index contributed by atoms with van der Waals surface area (Å²) in [5.74, 6) is 2.42. The van der Waals surface area contributed by atoms with Crippen LogP contribution < -0.4 is 9.47 Å². The van der Waals surface area contributed by atoms with Crippen molar-refractivity contribution in [3.8, 4) is 17.2 Å². The molecule has 2 aromatic carbocycles. The molecule has 0 N–H and O–H groups in total. The first kappa shape index (κ1) is 17.1. The molecule has 2 aromatic rings.